The van der Waals surface area contributed by atoms with Gasteiger partial charge in [0.1, 0.15) is 0 Å². The molecule has 1 fully saturated rings. The molecular weight excluding hydrogens is 222 g/mol. The number of benzene rings is 1. The normalized spacial score (nSPS) is 23.6. The molecule has 1 N–H and O–H groups in total. The van der Waals surface area contributed by atoms with Crippen molar-refractivity contribution in [3.8, 4) is 0 Å². The third-order valence-electron chi connectivity index (χ3n) is 3.48. The van der Waals surface area contributed by atoms with Crippen LogP contribution in [0.5, 0.6) is 0 Å². The Morgan fingerprint density at radius 3 is 2.88 bits per heavy atom. The number of aliphatic hydroxyl groups is 1. The van der Waals surface area contributed by atoms with Crippen molar-refractivity contribution < 1.29 is 5.11 Å². The van der Waals surface area contributed by atoms with Crippen molar-refractivity contribution in [3.63, 3.8) is 0 Å². The summed E-state index contributed by atoms with van der Waals surface area (Å²) in [5.41, 5.74) is 1.18. The molecule has 3 heteroatoms. The van der Waals surface area contributed by atoms with Gasteiger partial charge in [-0.25, -0.2) is 0 Å². The van der Waals surface area contributed by atoms with Gasteiger partial charge in [-0.05, 0) is 37.4 Å². The Bertz CT molecular complexity index is 356. The second kappa shape index (κ2) is 5.17. The molecule has 2 atom stereocenters. The van der Waals surface area contributed by atoms with Crippen LogP contribution < -0.4 is 0 Å². The fraction of sp³-hybridized carbons (Fsp3) is 0.538. The minimum Gasteiger partial charge on any atom is -0.396 e. The number of halogens is 1. The Balaban J connectivity index is 2.08. The molecule has 0 amide bonds. The molecule has 2 unspecified atom stereocenters. The second-order valence-electron chi connectivity index (χ2n) is 4.53. The Morgan fingerprint density at radius 1 is 1.50 bits per heavy atom. The quantitative estimate of drug-likeness (QED) is 0.877. The molecule has 1 heterocycles. The van der Waals surface area contributed by atoms with Crippen molar-refractivity contribution in [3.05, 3.63) is 34.9 Å². The first kappa shape index (κ1) is 11.9. The molecule has 16 heavy (non-hydrogen) atoms. The molecule has 1 saturated heterocycles. The minimum absolute atomic E-state index is 0.297. The van der Waals surface area contributed by atoms with Crippen LogP contribution in [-0.2, 0) is 0 Å². The highest BCUT2D eigenvalue weighted by atomic mass is 35.5. The molecule has 2 rings (SSSR count). The predicted octanol–water partition coefficient (Wildman–Crippen LogP) is 2.72. The summed E-state index contributed by atoms with van der Waals surface area (Å²) < 4.78 is 0. The van der Waals surface area contributed by atoms with Crippen molar-refractivity contribution in [2.24, 2.45) is 5.92 Å². The summed E-state index contributed by atoms with van der Waals surface area (Å²) in [7, 11) is 0. The van der Waals surface area contributed by atoms with E-state index in [-0.39, 0.29) is 0 Å². The minimum atomic E-state index is 0.297. The smallest absolute Gasteiger partial charge is 0.0471 e. The number of likely N-dealkylation sites (tertiary alicyclic amines) is 1. The highest BCUT2D eigenvalue weighted by molar-refractivity contribution is 6.31. The van der Waals surface area contributed by atoms with Gasteiger partial charge in [-0.1, -0.05) is 29.8 Å². The lowest BCUT2D eigenvalue weighted by Crippen LogP contribution is -2.25. The van der Waals surface area contributed by atoms with E-state index in [0.29, 0.717) is 18.6 Å². The van der Waals surface area contributed by atoms with Gasteiger partial charge in [0.05, 0.1) is 0 Å². The first-order valence-electron chi connectivity index (χ1n) is 5.81. The van der Waals surface area contributed by atoms with E-state index in [2.05, 4.69) is 17.9 Å². The Kier molecular flexibility index (Phi) is 3.85. The third-order valence-corrected chi connectivity index (χ3v) is 3.82. The van der Waals surface area contributed by atoms with Crippen LogP contribution in [0, 0.1) is 5.92 Å². The molecule has 0 spiro atoms. The molecule has 88 valence electrons. The SMILES string of the molecule is CC(c1ccccc1Cl)N1CCC(CO)C1. The van der Waals surface area contributed by atoms with Gasteiger partial charge < -0.3 is 5.11 Å². The van der Waals surface area contributed by atoms with Crippen LogP contribution >= 0.6 is 11.6 Å². The fourth-order valence-electron chi connectivity index (χ4n) is 2.37. The van der Waals surface area contributed by atoms with Crippen molar-refractivity contribution in [1.82, 2.24) is 4.90 Å². The molecule has 0 radical (unpaired) electrons. The van der Waals surface area contributed by atoms with E-state index in [1.54, 1.807) is 0 Å². The highest BCUT2D eigenvalue weighted by Gasteiger charge is 2.26. The molecule has 0 aromatic heterocycles. The van der Waals surface area contributed by atoms with Crippen LogP contribution in [0.3, 0.4) is 0 Å². The maximum Gasteiger partial charge on any atom is 0.0471 e. The maximum absolute atomic E-state index is 9.14. The summed E-state index contributed by atoms with van der Waals surface area (Å²) in [5.74, 6) is 0.435. The Morgan fingerprint density at radius 2 is 2.25 bits per heavy atom. The lowest BCUT2D eigenvalue weighted by molar-refractivity contribution is 0.205. The van der Waals surface area contributed by atoms with Crippen LogP contribution in [0.4, 0.5) is 0 Å². The zero-order valence-electron chi connectivity index (χ0n) is 9.56. The monoisotopic (exact) mass is 239 g/mol. The van der Waals surface area contributed by atoms with Gasteiger partial charge >= 0.3 is 0 Å². The Hall–Kier alpha value is -0.570. The lowest BCUT2D eigenvalue weighted by atomic mass is 10.1. The summed E-state index contributed by atoms with van der Waals surface area (Å²) in [4.78, 5) is 2.39. The first-order valence-corrected chi connectivity index (χ1v) is 6.19. The zero-order valence-corrected chi connectivity index (χ0v) is 10.3. The van der Waals surface area contributed by atoms with Crippen LogP contribution in [0.15, 0.2) is 24.3 Å². The summed E-state index contributed by atoms with van der Waals surface area (Å²) in [6.07, 6.45) is 1.09. The molecule has 0 saturated carbocycles. The second-order valence-corrected chi connectivity index (χ2v) is 4.94. The standard InChI is InChI=1S/C13H18ClNO/c1-10(12-4-2-3-5-13(12)14)15-7-6-11(8-15)9-16/h2-5,10-11,16H,6-9H2,1H3. The number of hydrogen-bond acceptors (Lipinski definition) is 2. The van der Waals surface area contributed by atoms with E-state index in [0.717, 1.165) is 24.5 Å². The van der Waals surface area contributed by atoms with Gasteiger partial charge in [0.15, 0.2) is 0 Å². The molecule has 0 bridgehead atoms. The van der Waals surface area contributed by atoms with Gasteiger partial charge in [0.2, 0.25) is 0 Å². The summed E-state index contributed by atoms with van der Waals surface area (Å²) >= 11 is 6.19. The topological polar surface area (TPSA) is 23.5 Å². The van der Waals surface area contributed by atoms with E-state index in [1.165, 1.54) is 5.56 Å². The highest BCUT2D eigenvalue weighted by Crippen LogP contribution is 2.30. The van der Waals surface area contributed by atoms with Crippen molar-refractivity contribution in [2.75, 3.05) is 19.7 Å². The van der Waals surface area contributed by atoms with E-state index in [9.17, 15) is 0 Å². The predicted molar refractivity (Wildman–Crippen MR) is 66.6 cm³/mol. The number of aliphatic hydroxyl groups excluding tert-OH is 1. The van der Waals surface area contributed by atoms with E-state index in [4.69, 9.17) is 16.7 Å². The molecular formula is C13H18ClNO. The van der Waals surface area contributed by atoms with E-state index >= 15 is 0 Å². The van der Waals surface area contributed by atoms with Gasteiger partial charge in [0, 0.05) is 24.2 Å². The third kappa shape index (κ3) is 2.40. The van der Waals surface area contributed by atoms with Crippen LogP contribution in [0.1, 0.15) is 24.9 Å². The first-order chi connectivity index (χ1) is 7.72. The fourth-order valence-corrected chi connectivity index (χ4v) is 2.67. The van der Waals surface area contributed by atoms with Gasteiger partial charge in [-0.15, -0.1) is 0 Å². The summed E-state index contributed by atoms with van der Waals surface area (Å²) in [6.45, 7) is 4.51. The molecule has 1 aromatic carbocycles. The van der Waals surface area contributed by atoms with Crippen molar-refractivity contribution >= 4 is 11.6 Å². The van der Waals surface area contributed by atoms with Crippen molar-refractivity contribution in [2.45, 2.75) is 19.4 Å². The lowest BCUT2D eigenvalue weighted by Gasteiger charge is -2.25. The van der Waals surface area contributed by atoms with Crippen LogP contribution in [-0.4, -0.2) is 29.7 Å². The van der Waals surface area contributed by atoms with Crippen molar-refractivity contribution in [1.29, 1.82) is 0 Å². The maximum atomic E-state index is 9.14. The zero-order chi connectivity index (χ0) is 11.5. The van der Waals surface area contributed by atoms with Gasteiger partial charge in [-0.2, -0.15) is 0 Å². The average molecular weight is 240 g/mol. The van der Waals surface area contributed by atoms with Gasteiger partial charge in [-0.3, -0.25) is 4.90 Å². The molecule has 2 nitrogen and oxygen atoms in total. The van der Waals surface area contributed by atoms with Gasteiger partial charge in [0.25, 0.3) is 0 Å². The summed E-state index contributed by atoms with van der Waals surface area (Å²) in [5, 5.41) is 9.97. The molecule has 1 aliphatic heterocycles. The van der Waals surface area contributed by atoms with Crippen LogP contribution in [0.25, 0.3) is 0 Å². The Labute approximate surface area is 102 Å². The number of nitrogens with zero attached hydrogens (tertiary/aromatic N) is 1. The largest absolute Gasteiger partial charge is 0.396 e. The van der Waals surface area contributed by atoms with E-state index < -0.39 is 0 Å². The molecule has 1 aliphatic rings. The number of hydrogen-bond donors (Lipinski definition) is 1. The molecule has 0 aliphatic carbocycles. The van der Waals surface area contributed by atoms with Crippen LogP contribution in [0.2, 0.25) is 5.02 Å². The average Bonchev–Trinajstić information content (AvgIpc) is 2.77. The number of rotatable bonds is 3. The van der Waals surface area contributed by atoms with E-state index in [1.807, 2.05) is 18.2 Å². The molecule has 1 aromatic rings. The summed E-state index contributed by atoms with van der Waals surface area (Å²) in [6, 6.07) is 8.34.